The zero-order chi connectivity index (χ0) is 19.3. The summed E-state index contributed by atoms with van der Waals surface area (Å²) in [7, 11) is 0. The van der Waals surface area contributed by atoms with Gasteiger partial charge in [-0.25, -0.2) is 9.59 Å². The molecule has 8 nitrogen and oxygen atoms in total. The number of amides is 2. The lowest BCUT2D eigenvalue weighted by Crippen LogP contribution is -2.37. The van der Waals surface area contributed by atoms with Crippen molar-refractivity contribution in [3.63, 3.8) is 0 Å². The molecule has 0 radical (unpaired) electrons. The van der Waals surface area contributed by atoms with E-state index in [4.69, 9.17) is 9.47 Å². The van der Waals surface area contributed by atoms with E-state index in [0.717, 1.165) is 10.9 Å². The van der Waals surface area contributed by atoms with Gasteiger partial charge in [-0.15, -0.1) is 0 Å². The molecule has 0 saturated heterocycles. The van der Waals surface area contributed by atoms with Gasteiger partial charge in [-0.3, -0.25) is 4.79 Å². The molecule has 0 aliphatic heterocycles. The molecule has 2 rings (SSSR count). The van der Waals surface area contributed by atoms with Gasteiger partial charge in [0, 0.05) is 16.6 Å². The lowest BCUT2D eigenvalue weighted by Gasteiger charge is -2.19. The van der Waals surface area contributed by atoms with E-state index in [1.165, 1.54) is 0 Å². The highest BCUT2D eigenvalue weighted by Crippen LogP contribution is 2.20. The Labute approximate surface area is 151 Å². The number of rotatable bonds is 5. The Hall–Kier alpha value is -3.03. The number of aromatic nitrogens is 1. The van der Waals surface area contributed by atoms with E-state index in [1.54, 1.807) is 52.0 Å². The molecule has 1 aromatic carbocycles. The average Bonchev–Trinajstić information content (AvgIpc) is 2.95. The first-order chi connectivity index (χ1) is 12.2. The summed E-state index contributed by atoms with van der Waals surface area (Å²) < 4.78 is 10.0. The summed E-state index contributed by atoms with van der Waals surface area (Å²) in [6.45, 7) is 7.03. The number of hydrogen-bond donors (Lipinski definition) is 3. The highest BCUT2D eigenvalue weighted by molar-refractivity contribution is 5.98. The maximum Gasteiger partial charge on any atom is 0.408 e. The fourth-order valence-corrected chi connectivity index (χ4v) is 2.20. The van der Waals surface area contributed by atoms with Crippen LogP contribution in [0.3, 0.4) is 0 Å². The molecule has 2 amide bonds. The number of ether oxygens (including phenoxy) is 2. The maximum absolute atomic E-state index is 12.0. The van der Waals surface area contributed by atoms with Gasteiger partial charge in [0.1, 0.15) is 17.8 Å². The first-order valence-electron chi connectivity index (χ1n) is 8.24. The van der Waals surface area contributed by atoms with Crippen LogP contribution in [0.4, 0.5) is 10.5 Å². The number of aromatic amines is 1. The summed E-state index contributed by atoms with van der Waals surface area (Å²) >= 11 is 0. The number of carbonyl (C=O) groups is 3. The topological polar surface area (TPSA) is 110 Å². The van der Waals surface area contributed by atoms with Crippen molar-refractivity contribution in [2.45, 2.75) is 33.3 Å². The van der Waals surface area contributed by atoms with Crippen LogP contribution in [0.5, 0.6) is 0 Å². The van der Waals surface area contributed by atoms with E-state index in [-0.39, 0.29) is 6.54 Å². The van der Waals surface area contributed by atoms with Crippen LogP contribution in [0.25, 0.3) is 10.9 Å². The molecule has 0 aliphatic rings. The number of H-pyrrole nitrogens is 1. The monoisotopic (exact) mass is 361 g/mol. The average molecular weight is 361 g/mol. The minimum Gasteiger partial charge on any atom is -0.461 e. The lowest BCUT2D eigenvalue weighted by atomic mass is 10.2. The van der Waals surface area contributed by atoms with Crippen molar-refractivity contribution in [1.82, 2.24) is 10.3 Å². The van der Waals surface area contributed by atoms with E-state index in [1.807, 2.05) is 0 Å². The molecule has 8 heteroatoms. The molecule has 0 saturated carbocycles. The molecule has 2 aromatic rings. The third-order valence-corrected chi connectivity index (χ3v) is 3.19. The number of benzene rings is 1. The van der Waals surface area contributed by atoms with Gasteiger partial charge >= 0.3 is 12.1 Å². The molecule has 3 N–H and O–H groups in total. The fourth-order valence-electron chi connectivity index (χ4n) is 2.20. The van der Waals surface area contributed by atoms with Crippen LogP contribution in [0, 0.1) is 0 Å². The second kappa shape index (κ2) is 7.90. The Morgan fingerprint density at radius 3 is 2.54 bits per heavy atom. The summed E-state index contributed by atoms with van der Waals surface area (Å²) in [4.78, 5) is 38.2. The number of hydrogen-bond acceptors (Lipinski definition) is 5. The maximum atomic E-state index is 12.0. The third-order valence-electron chi connectivity index (χ3n) is 3.19. The Kier molecular flexibility index (Phi) is 5.86. The zero-order valence-electron chi connectivity index (χ0n) is 15.3. The molecule has 26 heavy (non-hydrogen) atoms. The van der Waals surface area contributed by atoms with Crippen molar-refractivity contribution >= 4 is 34.6 Å². The van der Waals surface area contributed by atoms with E-state index in [9.17, 15) is 14.4 Å². The quantitative estimate of drug-likeness (QED) is 0.710. The third kappa shape index (κ3) is 5.51. The minimum absolute atomic E-state index is 0.214. The van der Waals surface area contributed by atoms with Gasteiger partial charge in [-0.1, -0.05) is 0 Å². The Morgan fingerprint density at radius 1 is 1.15 bits per heavy atom. The SMILES string of the molecule is CCOC(=O)c1cc2cc(NC(=O)CNC(=O)OC(C)(C)C)ccc2[nH]1. The van der Waals surface area contributed by atoms with Crippen molar-refractivity contribution in [1.29, 1.82) is 0 Å². The van der Waals surface area contributed by atoms with Gasteiger partial charge in [0.25, 0.3) is 0 Å². The van der Waals surface area contributed by atoms with Crippen LogP contribution in [0.2, 0.25) is 0 Å². The second-order valence-electron chi connectivity index (χ2n) is 6.61. The van der Waals surface area contributed by atoms with Crippen LogP contribution < -0.4 is 10.6 Å². The normalized spacial score (nSPS) is 11.1. The summed E-state index contributed by atoms with van der Waals surface area (Å²) in [6.07, 6.45) is -0.659. The molecule has 0 bridgehead atoms. The number of anilines is 1. The van der Waals surface area contributed by atoms with E-state index in [0.29, 0.717) is 18.0 Å². The van der Waals surface area contributed by atoms with Gasteiger partial charge in [0.15, 0.2) is 0 Å². The summed E-state index contributed by atoms with van der Waals surface area (Å²) in [6, 6.07) is 6.82. The van der Waals surface area contributed by atoms with Crippen LogP contribution in [-0.4, -0.2) is 41.7 Å². The van der Waals surface area contributed by atoms with Gasteiger partial charge in [0.05, 0.1) is 6.61 Å². The predicted octanol–water partition coefficient (Wildman–Crippen LogP) is 2.81. The van der Waals surface area contributed by atoms with Crippen molar-refractivity contribution in [2.24, 2.45) is 0 Å². The molecular weight excluding hydrogens is 338 g/mol. The molecule has 0 spiro atoms. The van der Waals surface area contributed by atoms with Crippen molar-refractivity contribution < 1.29 is 23.9 Å². The van der Waals surface area contributed by atoms with E-state index in [2.05, 4.69) is 15.6 Å². The first kappa shape index (κ1) is 19.3. The molecule has 0 aliphatic carbocycles. The van der Waals surface area contributed by atoms with E-state index >= 15 is 0 Å². The van der Waals surface area contributed by atoms with Gasteiger partial charge in [-0.05, 0) is 52.0 Å². The Bertz CT molecular complexity index is 820. The summed E-state index contributed by atoms with van der Waals surface area (Å²) in [5.74, 6) is -0.827. The van der Waals surface area contributed by atoms with Gasteiger partial charge < -0.3 is 25.1 Å². The highest BCUT2D eigenvalue weighted by Gasteiger charge is 2.17. The molecule has 1 heterocycles. The fraction of sp³-hybridized carbons (Fsp3) is 0.389. The van der Waals surface area contributed by atoms with E-state index < -0.39 is 23.6 Å². The Balaban J connectivity index is 1.96. The molecule has 1 aromatic heterocycles. The standard InChI is InChI=1S/C18H23N3O5/c1-5-25-16(23)14-9-11-8-12(6-7-13(11)21-14)20-15(22)10-19-17(24)26-18(2,3)4/h6-9,21H,5,10H2,1-4H3,(H,19,24)(H,20,22). The van der Waals surface area contributed by atoms with Crippen molar-refractivity contribution in [2.75, 3.05) is 18.5 Å². The van der Waals surface area contributed by atoms with Crippen LogP contribution >= 0.6 is 0 Å². The van der Waals surface area contributed by atoms with Gasteiger partial charge in [-0.2, -0.15) is 0 Å². The summed E-state index contributed by atoms with van der Waals surface area (Å²) in [5.41, 5.74) is 1.01. The number of nitrogens with one attached hydrogen (secondary N) is 3. The number of alkyl carbamates (subject to hydrolysis) is 1. The highest BCUT2D eigenvalue weighted by atomic mass is 16.6. The number of esters is 1. The number of fused-ring (bicyclic) bond motifs is 1. The Morgan fingerprint density at radius 2 is 1.88 bits per heavy atom. The van der Waals surface area contributed by atoms with Gasteiger partial charge in [0.2, 0.25) is 5.91 Å². The first-order valence-corrected chi connectivity index (χ1v) is 8.24. The van der Waals surface area contributed by atoms with Crippen LogP contribution in [-0.2, 0) is 14.3 Å². The predicted molar refractivity (Wildman–Crippen MR) is 97.1 cm³/mol. The summed E-state index contributed by atoms with van der Waals surface area (Å²) in [5, 5.41) is 5.82. The largest absolute Gasteiger partial charge is 0.461 e. The van der Waals surface area contributed by atoms with Crippen LogP contribution in [0.1, 0.15) is 38.2 Å². The number of carbonyl (C=O) groups excluding carboxylic acids is 3. The second-order valence-corrected chi connectivity index (χ2v) is 6.61. The van der Waals surface area contributed by atoms with Crippen molar-refractivity contribution in [3.8, 4) is 0 Å². The molecule has 0 fully saturated rings. The molecule has 0 atom stereocenters. The van der Waals surface area contributed by atoms with Crippen molar-refractivity contribution in [3.05, 3.63) is 30.0 Å². The zero-order valence-corrected chi connectivity index (χ0v) is 15.3. The minimum atomic E-state index is -0.659. The smallest absolute Gasteiger partial charge is 0.408 e. The molecule has 0 unspecified atom stereocenters. The lowest BCUT2D eigenvalue weighted by molar-refractivity contribution is -0.115. The molecular formula is C18H23N3O5. The molecule has 140 valence electrons. The van der Waals surface area contributed by atoms with Crippen LogP contribution in [0.15, 0.2) is 24.3 Å².